The Kier molecular flexibility index (Phi) is 4.86. The van der Waals surface area contributed by atoms with Crippen molar-refractivity contribution >= 4 is 15.9 Å². The van der Waals surface area contributed by atoms with Crippen LogP contribution in [0.3, 0.4) is 0 Å². The summed E-state index contributed by atoms with van der Waals surface area (Å²) in [5.74, 6) is 1.09. The summed E-state index contributed by atoms with van der Waals surface area (Å²) >= 11 is 3.46. The molecule has 6 heteroatoms. The van der Waals surface area contributed by atoms with Crippen LogP contribution in [0.1, 0.15) is 5.89 Å². The monoisotopic (exact) mass is 311 g/mol. The molecule has 0 fully saturated rings. The summed E-state index contributed by atoms with van der Waals surface area (Å²) < 4.78 is 11.4. The Morgan fingerprint density at radius 1 is 1.33 bits per heavy atom. The largest absolute Gasteiger partial charge is 0.419 e. The van der Waals surface area contributed by atoms with Crippen LogP contribution in [0.4, 0.5) is 0 Å². The second kappa shape index (κ2) is 6.63. The van der Waals surface area contributed by atoms with Crippen LogP contribution in [0.2, 0.25) is 0 Å². The molecule has 0 spiro atoms. The van der Waals surface area contributed by atoms with Gasteiger partial charge >= 0.3 is 0 Å². The summed E-state index contributed by atoms with van der Waals surface area (Å²) in [6, 6.07) is 7.74. The van der Waals surface area contributed by atoms with Crippen LogP contribution >= 0.6 is 15.9 Å². The van der Waals surface area contributed by atoms with Gasteiger partial charge in [-0.2, -0.15) is 0 Å². The average Bonchev–Trinajstić information content (AvgIpc) is 2.84. The fraction of sp³-hybridized carbons (Fsp3) is 0.333. The van der Waals surface area contributed by atoms with Gasteiger partial charge in [0, 0.05) is 18.1 Å². The second-order valence-corrected chi connectivity index (χ2v) is 4.50. The minimum atomic E-state index is 0.519. The Morgan fingerprint density at radius 2 is 2.17 bits per heavy atom. The molecule has 0 amide bonds. The van der Waals surface area contributed by atoms with E-state index >= 15 is 0 Å². The van der Waals surface area contributed by atoms with Crippen LogP contribution in [0.5, 0.6) is 0 Å². The van der Waals surface area contributed by atoms with Gasteiger partial charge in [-0.15, -0.1) is 10.2 Å². The van der Waals surface area contributed by atoms with Crippen molar-refractivity contribution in [1.82, 2.24) is 15.5 Å². The fourth-order valence-corrected chi connectivity index (χ4v) is 1.89. The zero-order chi connectivity index (χ0) is 12.8. The predicted octanol–water partition coefficient (Wildman–Crippen LogP) is 2.24. The number of ether oxygens (including phenoxy) is 1. The molecule has 0 saturated heterocycles. The lowest BCUT2D eigenvalue weighted by molar-refractivity contribution is 0.198. The molecule has 1 N–H and O–H groups in total. The highest BCUT2D eigenvalue weighted by Crippen LogP contribution is 2.26. The quantitative estimate of drug-likeness (QED) is 0.829. The number of nitrogens with one attached hydrogen (secondary N) is 1. The van der Waals surface area contributed by atoms with Gasteiger partial charge in [-0.1, -0.05) is 12.1 Å². The third kappa shape index (κ3) is 3.38. The van der Waals surface area contributed by atoms with Crippen molar-refractivity contribution in [3.05, 3.63) is 34.6 Å². The van der Waals surface area contributed by atoms with E-state index in [1.807, 2.05) is 24.3 Å². The van der Waals surface area contributed by atoms with Crippen molar-refractivity contribution in [3.8, 4) is 11.5 Å². The van der Waals surface area contributed by atoms with Gasteiger partial charge in [0.1, 0.15) is 0 Å². The standard InChI is InChI=1S/C12H14BrN3O2/c1-17-7-6-14-8-11-15-16-12(18-11)9-4-2-3-5-10(9)13/h2-5,14H,6-8H2,1H3. The normalized spacial score (nSPS) is 10.8. The molecule has 1 aromatic heterocycles. The smallest absolute Gasteiger partial charge is 0.248 e. The van der Waals surface area contributed by atoms with Crippen molar-refractivity contribution in [2.45, 2.75) is 6.54 Å². The minimum Gasteiger partial charge on any atom is -0.419 e. The van der Waals surface area contributed by atoms with Crippen LogP contribution in [-0.2, 0) is 11.3 Å². The van der Waals surface area contributed by atoms with Crippen LogP contribution in [-0.4, -0.2) is 30.5 Å². The van der Waals surface area contributed by atoms with E-state index < -0.39 is 0 Å². The van der Waals surface area contributed by atoms with Crippen molar-refractivity contribution in [1.29, 1.82) is 0 Å². The first-order valence-electron chi connectivity index (χ1n) is 5.58. The van der Waals surface area contributed by atoms with E-state index in [-0.39, 0.29) is 0 Å². The van der Waals surface area contributed by atoms with E-state index in [9.17, 15) is 0 Å². The third-order valence-electron chi connectivity index (χ3n) is 2.33. The Morgan fingerprint density at radius 3 is 2.94 bits per heavy atom. The zero-order valence-electron chi connectivity index (χ0n) is 10.0. The molecular formula is C12H14BrN3O2. The first kappa shape index (κ1) is 13.2. The average molecular weight is 312 g/mol. The SMILES string of the molecule is COCCNCc1nnc(-c2ccccc2Br)o1. The molecule has 0 radical (unpaired) electrons. The molecule has 1 aromatic carbocycles. The number of methoxy groups -OCH3 is 1. The summed E-state index contributed by atoms with van der Waals surface area (Å²) in [5.41, 5.74) is 0.896. The Hall–Kier alpha value is -1.24. The molecule has 0 aliphatic heterocycles. The maximum Gasteiger partial charge on any atom is 0.248 e. The zero-order valence-corrected chi connectivity index (χ0v) is 11.6. The molecule has 96 valence electrons. The summed E-state index contributed by atoms with van der Waals surface area (Å²) in [4.78, 5) is 0. The maximum absolute atomic E-state index is 5.58. The Labute approximate surface area is 114 Å². The number of aromatic nitrogens is 2. The summed E-state index contributed by atoms with van der Waals surface area (Å²) in [6.07, 6.45) is 0. The van der Waals surface area contributed by atoms with Crippen LogP contribution in [0, 0.1) is 0 Å². The van der Waals surface area contributed by atoms with E-state index in [0.29, 0.717) is 24.9 Å². The molecular weight excluding hydrogens is 298 g/mol. The molecule has 5 nitrogen and oxygen atoms in total. The van der Waals surface area contributed by atoms with Gasteiger partial charge in [0.15, 0.2) is 0 Å². The number of halogens is 1. The van der Waals surface area contributed by atoms with Crippen LogP contribution in [0.15, 0.2) is 33.2 Å². The van der Waals surface area contributed by atoms with Gasteiger partial charge in [0.05, 0.1) is 18.7 Å². The molecule has 0 unspecified atom stereocenters. The minimum absolute atomic E-state index is 0.519. The predicted molar refractivity (Wildman–Crippen MR) is 71.0 cm³/mol. The lowest BCUT2D eigenvalue weighted by Crippen LogP contribution is -2.18. The fourth-order valence-electron chi connectivity index (χ4n) is 1.44. The lowest BCUT2D eigenvalue weighted by Gasteiger charge is -1.99. The second-order valence-electron chi connectivity index (χ2n) is 3.65. The molecule has 2 rings (SSSR count). The van der Waals surface area contributed by atoms with Crippen molar-refractivity contribution in [3.63, 3.8) is 0 Å². The molecule has 2 aromatic rings. The molecule has 0 atom stereocenters. The van der Waals surface area contributed by atoms with Crippen molar-refractivity contribution in [2.24, 2.45) is 0 Å². The molecule has 1 heterocycles. The first-order chi connectivity index (χ1) is 8.81. The highest BCUT2D eigenvalue weighted by Gasteiger charge is 2.10. The highest BCUT2D eigenvalue weighted by molar-refractivity contribution is 9.10. The number of hydrogen-bond acceptors (Lipinski definition) is 5. The molecule has 0 aliphatic rings. The number of nitrogens with zero attached hydrogens (tertiary/aromatic N) is 2. The van der Waals surface area contributed by atoms with E-state index in [0.717, 1.165) is 16.6 Å². The topological polar surface area (TPSA) is 60.2 Å². The Bertz CT molecular complexity index is 502. The van der Waals surface area contributed by atoms with Gasteiger partial charge in [0.2, 0.25) is 11.8 Å². The van der Waals surface area contributed by atoms with E-state index in [2.05, 4.69) is 31.4 Å². The van der Waals surface area contributed by atoms with Crippen molar-refractivity contribution < 1.29 is 9.15 Å². The van der Waals surface area contributed by atoms with Gasteiger partial charge in [-0.25, -0.2) is 0 Å². The first-order valence-corrected chi connectivity index (χ1v) is 6.37. The summed E-state index contributed by atoms with van der Waals surface area (Å²) in [7, 11) is 1.67. The van der Waals surface area contributed by atoms with Gasteiger partial charge in [0.25, 0.3) is 0 Å². The number of benzene rings is 1. The van der Waals surface area contributed by atoms with E-state index in [1.54, 1.807) is 7.11 Å². The molecule has 0 bridgehead atoms. The van der Waals surface area contributed by atoms with Crippen LogP contribution < -0.4 is 5.32 Å². The Balaban J connectivity index is 2.00. The van der Waals surface area contributed by atoms with E-state index in [4.69, 9.17) is 9.15 Å². The molecule has 0 saturated carbocycles. The summed E-state index contributed by atoms with van der Waals surface area (Å²) in [5, 5.41) is 11.2. The third-order valence-corrected chi connectivity index (χ3v) is 3.02. The van der Waals surface area contributed by atoms with E-state index in [1.165, 1.54) is 0 Å². The summed E-state index contributed by atoms with van der Waals surface area (Å²) in [6.45, 7) is 1.95. The highest BCUT2D eigenvalue weighted by atomic mass is 79.9. The van der Waals surface area contributed by atoms with Gasteiger partial charge in [-0.3, -0.25) is 0 Å². The molecule has 18 heavy (non-hydrogen) atoms. The number of hydrogen-bond donors (Lipinski definition) is 1. The lowest BCUT2D eigenvalue weighted by atomic mass is 10.2. The maximum atomic E-state index is 5.58. The van der Waals surface area contributed by atoms with Gasteiger partial charge < -0.3 is 14.5 Å². The number of rotatable bonds is 6. The van der Waals surface area contributed by atoms with Crippen LogP contribution in [0.25, 0.3) is 11.5 Å². The van der Waals surface area contributed by atoms with Crippen molar-refractivity contribution in [2.75, 3.05) is 20.3 Å². The van der Waals surface area contributed by atoms with Gasteiger partial charge in [-0.05, 0) is 28.1 Å². The molecule has 0 aliphatic carbocycles.